The lowest BCUT2D eigenvalue weighted by atomic mass is 9.85. The molecule has 2 atom stereocenters. The van der Waals surface area contributed by atoms with Crippen LogP contribution in [0.25, 0.3) is 0 Å². The van der Waals surface area contributed by atoms with Crippen molar-refractivity contribution in [3.8, 4) is 0 Å². The SMILES string of the molecule is CC1CCCCC1N(C)c1nc(CC(=O)O)cs1. The Morgan fingerprint density at radius 2 is 2.28 bits per heavy atom. The molecule has 1 N–H and O–H groups in total. The van der Waals surface area contributed by atoms with Crippen LogP contribution >= 0.6 is 11.3 Å². The van der Waals surface area contributed by atoms with Crippen molar-refractivity contribution in [1.29, 1.82) is 0 Å². The molecule has 2 unspecified atom stereocenters. The lowest BCUT2D eigenvalue weighted by Crippen LogP contribution is -2.38. The number of carbonyl (C=O) groups is 1. The second-order valence-electron chi connectivity index (χ2n) is 5.13. The fraction of sp³-hybridized carbons (Fsp3) is 0.692. The van der Waals surface area contributed by atoms with Gasteiger partial charge in [0.25, 0.3) is 0 Å². The molecule has 1 aromatic heterocycles. The van der Waals surface area contributed by atoms with E-state index in [1.54, 1.807) is 11.3 Å². The van der Waals surface area contributed by atoms with Gasteiger partial charge in [-0.15, -0.1) is 11.3 Å². The van der Waals surface area contributed by atoms with Gasteiger partial charge in [0.2, 0.25) is 0 Å². The Labute approximate surface area is 112 Å². The van der Waals surface area contributed by atoms with Crippen LogP contribution in [0.15, 0.2) is 5.38 Å². The van der Waals surface area contributed by atoms with Crippen LogP contribution in [-0.2, 0) is 11.2 Å². The van der Waals surface area contributed by atoms with E-state index in [0.29, 0.717) is 17.7 Å². The molecule has 0 saturated heterocycles. The molecule has 0 spiro atoms. The van der Waals surface area contributed by atoms with Crippen LogP contribution in [-0.4, -0.2) is 29.1 Å². The molecule has 0 amide bonds. The van der Waals surface area contributed by atoms with Gasteiger partial charge in [-0.3, -0.25) is 4.79 Å². The number of aliphatic carboxylic acids is 1. The van der Waals surface area contributed by atoms with Gasteiger partial charge >= 0.3 is 5.97 Å². The molecule has 5 heteroatoms. The second kappa shape index (κ2) is 5.69. The predicted octanol–water partition coefficient (Wildman–Crippen LogP) is 2.79. The molecule has 100 valence electrons. The van der Waals surface area contributed by atoms with Crippen LogP contribution in [0, 0.1) is 5.92 Å². The third-order valence-corrected chi connectivity index (χ3v) is 4.72. The van der Waals surface area contributed by atoms with Gasteiger partial charge in [0.15, 0.2) is 5.13 Å². The van der Waals surface area contributed by atoms with Gasteiger partial charge in [-0.2, -0.15) is 0 Å². The highest BCUT2D eigenvalue weighted by Gasteiger charge is 2.26. The van der Waals surface area contributed by atoms with Crippen LogP contribution in [0.1, 0.15) is 38.3 Å². The lowest BCUT2D eigenvalue weighted by Gasteiger charge is -2.36. The molecule has 0 bridgehead atoms. The van der Waals surface area contributed by atoms with E-state index < -0.39 is 5.97 Å². The first kappa shape index (κ1) is 13.3. The molecule has 0 radical (unpaired) electrons. The van der Waals surface area contributed by atoms with Crippen molar-refractivity contribution in [1.82, 2.24) is 4.98 Å². The van der Waals surface area contributed by atoms with Crippen molar-refractivity contribution in [3.63, 3.8) is 0 Å². The molecular formula is C13H20N2O2S. The Morgan fingerprint density at radius 1 is 1.56 bits per heavy atom. The Hall–Kier alpha value is -1.10. The van der Waals surface area contributed by atoms with E-state index in [1.807, 2.05) is 5.38 Å². The number of carboxylic acid groups (broad SMARTS) is 1. The fourth-order valence-electron chi connectivity index (χ4n) is 2.71. The summed E-state index contributed by atoms with van der Waals surface area (Å²) >= 11 is 1.55. The normalized spacial score (nSPS) is 23.9. The zero-order valence-electron chi connectivity index (χ0n) is 10.9. The van der Waals surface area contributed by atoms with Gasteiger partial charge in [-0.05, 0) is 18.8 Å². The maximum Gasteiger partial charge on any atom is 0.309 e. The summed E-state index contributed by atoms with van der Waals surface area (Å²) in [7, 11) is 2.08. The maximum absolute atomic E-state index is 10.7. The number of anilines is 1. The zero-order chi connectivity index (χ0) is 13.1. The number of carboxylic acids is 1. The highest BCUT2D eigenvalue weighted by atomic mass is 32.1. The average molecular weight is 268 g/mol. The first-order valence-corrected chi connectivity index (χ1v) is 7.35. The molecule has 4 nitrogen and oxygen atoms in total. The number of hydrogen-bond donors (Lipinski definition) is 1. The number of aromatic nitrogens is 1. The smallest absolute Gasteiger partial charge is 0.309 e. The molecule has 1 aromatic rings. The minimum atomic E-state index is -0.819. The van der Waals surface area contributed by atoms with E-state index in [9.17, 15) is 4.79 Å². The third kappa shape index (κ3) is 3.02. The van der Waals surface area contributed by atoms with E-state index in [1.165, 1.54) is 25.7 Å². The zero-order valence-corrected chi connectivity index (χ0v) is 11.7. The molecule has 1 aliphatic carbocycles. The van der Waals surface area contributed by atoms with Crippen molar-refractivity contribution < 1.29 is 9.90 Å². The van der Waals surface area contributed by atoms with Gasteiger partial charge in [0.05, 0.1) is 12.1 Å². The summed E-state index contributed by atoms with van der Waals surface area (Å²) in [6.45, 7) is 2.30. The predicted molar refractivity (Wildman–Crippen MR) is 73.3 cm³/mol. The van der Waals surface area contributed by atoms with E-state index >= 15 is 0 Å². The monoisotopic (exact) mass is 268 g/mol. The van der Waals surface area contributed by atoms with Gasteiger partial charge < -0.3 is 10.0 Å². The molecule has 0 aliphatic heterocycles. The number of nitrogens with zero attached hydrogens (tertiary/aromatic N) is 2. The highest BCUT2D eigenvalue weighted by molar-refractivity contribution is 7.13. The second-order valence-corrected chi connectivity index (χ2v) is 5.97. The highest BCUT2D eigenvalue weighted by Crippen LogP contribution is 2.31. The maximum atomic E-state index is 10.7. The van der Waals surface area contributed by atoms with Crippen molar-refractivity contribution >= 4 is 22.4 Å². The van der Waals surface area contributed by atoms with Crippen LogP contribution in [0.4, 0.5) is 5.13 Å². The van der Waals surface area contributed by atoms with Gasteiger partial charge in [-0.25, -0.2) is 4.98 Å². The van der Waals surface area contributed by atoms with Gasteiger partial charge in [-0.1, -0.05) is 19.8 Å². The van der Waals surface area contributed by atoms with Crippen molar-refractivity contribution in [2.45, 2.75) is 45.1 Å². The van der Waals surface area contributed by atoms with Gasteiger partial charge in [0, 0.05) is 18.5 Å². The topological polar surface area (TPSA) is 53.4 Å². The Kier molecular flexibility index (Phi) is 4.22. The Balaban J connectivity index is 2.05. The van der Waals surface area contributed by atoms with Crippen LogP contribution in [0.5, 0.6) is 0 Å². The minimum Gasteiger partial charge on any atom is -0.481 e. The van der Waals surface area contributed by atoms with Crippen LogP contribution < -0.4 is 4.90 Å². The molecule has 1 heterocycles. The molecule has 1 saturated carbocycles. The van der Waals surface area contributed by atoms with Crippen molar-refractivity contribution in [2.75, 3.05) is 11.9 Å². The summed E-state index contributed by atoms with van der Waals surface area (Å²) in [4.78, 5) is 17.3. The Bertz CT molecular complexity index is 419. The van der Waals surface area contributed by atoms with E-state index in [0.717, 1.165) is 5.13 Å². The first-order chi connectivity index (χ1) is 8.58. The van der Waals surface area contributed by atoms with Crippen LogP contribution in [0.3, 0.4) is 0 Å². The summed E-state index contributed by atoms with van der Waals surface area (Å²) in [6.07, 6.45) is 5.12. The molecule has 1 fully saturated rings. The first-order valence-electron chi connectivity index (χ1n) is 6.47. The summed E-state index contributed by atoms with van der Waals surface area (Å²) in [5, 5.41) is 11.6. The van der Waals surface area contributed by atoms with Crippen molar-refractivity contribution in [2.24, 2.45) is 5.92 Å². The molecule has 1 aliphatic rings. The van der Waals surface area contributed by atoms with Crippen LogP contribution in [0.2, 0.25) is 0 Å². The van der Waals surface area contributed by atoms with E-state index in [-0.39, 0.29) is 6.42 Å². The lowest BCUT2D eigenvalue weighted by molar-refractivity contribution is -0.136. The third-order valence-electron chi connectivity index (χ3n) is 3.74. The van der Waals surface area contributed by atoms with Crippen molar-refractivity contribution in [3.05, 3.63) is 11.1 Å². The summed E-state index contributed by atoms with van der Waals surface area (Å²) in [5.74, 6) is -0.129. The molecule has 0 aromatic carbocycles. The van der Waals surface area contributed by atoms with Gasteiger partial charge in [0.1, 0.15) is 0 Å². The summed E-state index contributed by atoms with van der Waals surface area (Å²) < 4.78 is 0. The molecular weight excluding hydrogens is 248 g/mol. The van der Waals surface area contributed by atoms with E-state index in [2.05, 4.69) is 23.9 Å². The fourth-order valence-corrected chi connectivity index (χ4v) is 3.56. The minimum absolute atomic E-state index is 0.0184. The summed E-state index contributed by atoms with van der Waals surface area (Å²) in [5.41, 5.74) is 0.665. The quantitative estimate of drug-likeness (QED) is 0.912. The molecule has 18 heavy (non-hydrogen) atoms. The number of thiazole rings is 1. The largest absolute Gasteiger partial charge is 0.481 e. The average Bonchev–Trinajstić information content (AvgIpc) is 2.76. The standard InChI is InChI=1S/C13H20N2O2S/c1-9-5-3-4-6-11(9)15(2)13-14-10(8-18-13)7-12(16)17/h8-9,11H,3-7H2,1-2H3,(H,16,17). The Morgan fingerprint density at radius 3 is 2.94 bits per heavy atom. The number of rotatable bonds is 4. The number of hydrogen-bond acceptors (Lipinski definition) is 4. The summed E-state index contributed by atoms with van der Waals surface area (Å²) in [6, 6.07) is 0.544. The van der Waals surface area contributed by atoms with E-state index in [4.69, 9.17) is 5.11 Å². The molecule has 2 rings (SSSR count).